The summed E-state index contributed by atoms with van der Waals surface area (Å²) in [5, 5.41) is 8.66. The van der Waals surface area contributed by atoms with Crippen LogP contribution in [0.1, 0.15) is 18.5 Å². The average Bonchev–Trinajstić information content (AvgIpc) is 2.58. The number of urea groups is 1. The van der Waals surface area contributed by atoms with Crippen LogP contribution in [0.4, 0.5) is 16.3 Å². The minimum Gasteiger partial charge on any atom is -0.368 e. The molecular formula is C17H23N5O3S. The summed E-state index contributed by atoms with van der Waals surface area (Å²) >= 11 is 0. The van der Waals surface area contributed by atoms with Gasteiger partial charge in [0.05, 0.1) is 12.3 Å². The van der Waals surface area contributed by atoms with Gasteiger partial charge < -0.3 is 16.0 Å². The van der Waals surface area contributed by atoms with E-state index in [9.17, 15) is 13.2 Å². The first-order valence-corrected chi connectivity index (χ1v) is 9.99. The number of nitrogens with zero attached hydrogens (tertiary/aromatic N) is 1. The molecule has 2 rings (SSSR count). The van der Waals surface area contributed by atoms with Crippen LogP contribution in [-0.4, -0.2) is 38.8 Å². The molecule has 0 fully saturated rings. The van der Waals surface area contributed by atoms with Crippen molar-refractivity contribution in [3.8, 4) is 0 Å². The lowest BCUT2D eigenvalue weighted by molar-refractivity contribution is 0.238. The zero-order valence-corrected chi connectivity index (χ0v) is 15.5. The van der Waals surface area contributed by atoms with Crippen molar-refractivity contribution in [2.24, 2.45) is 0 Å². The molecular weight excluding hydrogens is 354 g/mol. The van der Waals surface area contributed by atoms with E-state index in [0.717, 1.165) is 17.6 Å². The van der Waals surface area contributed by atoms with Gasteiger partial charge in [-0.3, -0.25) is 4.72 Å². The lowest BCUT2D eigenvalue weighted by atomic mass is 10.1. The van der Waals surface area contributed by atoms with Crippen LogP contribution in [0.5, 0.6) is 0 Å². The second kappa shape index (κ2) is 9.04. The van der Waals surface area contributed by atoms with Crippen molar-refractivity contribution >= 4 is 27.6 Å². The monoisotopic (exact) mass is 377 g/mol. The molecule has 0 bridgehead atoms. The fourth-order valence-electron chi connectivity index (χ4n) is 2.25. The Balaban J connectivity index is 1.78. The van der Waals surface area contributed by atoms with Crippen molar-refractivity contribution < 1.29 is 13.2 Å². The molecule has 0 radical (unpaired) electrons. The number of benzene rings is 1. The fraction of sp³-hybridized carbons (Fsp3) is 0.294. The largest absolute Gasteiger partial charge is 0.368 e. The van der Waals surface area contributed by atoms with Crippen LogP contribution in [0.2, 0.25) is 0 Å². The third kappa shape index (κ3) is 6.98. The molecule has 0 aliphatic rings. The van der Waals surface area contributed by atoms with E-state index < -0.39 is 10.0 Å². The van der Waals surface area contributed by atoms with Crippen molar-refractivity contribution in [2.45, 2.75) is 13.0 Å². The first kappa shape index (κ1) is 19.5. The van der Waals surface area contributed by atoms with Gasteiger partial charge in [0.15, 0.2) is 0 Å². The van der Waals surface area contributed by atoms with Crippen molar-refractivity contribution in [1.82, 2.24) is 15.6 Å². The summed E-state index contributed by atoms with van der Waals surface area (Å²) in [7, 11) is -3.34. The number of anilines is 2. The van der Waals surface area contributed by atoms with E-state index in [1.54, 1.807) is 24.4 Å². The van der Waals surface area contributed by atoms with Gasteiger partial charge in [-0.05, 0) is 36.8 Å². The molecule has 1 unspecified atom stereocenters. The second-order valence-corrected chi connectivity index (χ2v) is 7.51. The molecule has 4 N–H and O–H groups in total. The van der Waals surface area contributed by atoms with Gasteiger partial charge in [0.1, 0.15) is 5.82 Å². The molecule has 1 aromatic heterocycles. The molecule has 0 aliphatic carbocycles. The van der Waals surface area contributed by atoms with Crippen LogP contribution in [0.25, 0.3) is 0 Å². The van der Waals surface area contributed by atoms with E-state index >= 15 is 0 Å². The van der Waals surface area contributed by atoms with E-state index in [4.69, 9.17) is 0 Å². The van der Waals surface area contributed by atoms with E-state index in [0.29, 0.717) is 18.8 Å². The van der Waals surface area contributed by atoms with Crippen LogP contribution >= 0.6 is 0 Å². The molecule has 140 valence electrons. The molecule has 1 aromatic carbocycles. The third-order valence-corrected chi connectivity index (χ3v) is 4.03. The van der Waals surface area contributed by atoms with Crippen molar-refractivity contribution in [1.29, 1.82) is 0 Å². The smallest absolute Gasteiger partial charge is 0.315 e. The summed E-state index contributed by atoms with van der Waals surface area (Å²) in [6.45, 7) is 2.81. The number of pyridine rings is 1. The standard InChI is InChI=1S/C17H23N5O3S/c1-13(14-6-5-7-15(12-14)22-26(2,24)25)21-17(23)20-11-10-19-16-8-3-4-9-18-16/h3-9,12-13,22H,10-11H2,1-2H3,(H,18,19)(H2,20,21,23). The number of aromatic nitrogens is 1. The Bertz CT molecular complexity index is 827. The minimum atomic E-state index is -3.34. The summed E-state index contributed by atoms with van der Waals surface area (Å²) in [6, 6.07) is 11.9. The number of amides is 2. The van der Waals surface area contributed by atoms with Crippen molar-refractivity contribution in [3.05, 3.63) is 54.2 Å². The van der Waals surface area contributed by atoms with Gasteiger partial charge in [0, 0.05) is 25.0 Å². The molecule has 0 saturated carbocycles. The molecule has 0 spiro atoms. The third-order valence-electron chi connectivity index (χ3n) is 3.42. The maximum absolute atomic E-state index is 12.0. The molecule has 2 amide bonds. The Labute approximate surface area is 153 Å². The Morgan fingerprint density at radius 3 is 2.65 bits per heavy atom. The summed E-state index contributed by atoms with van der Waals surface area (Å²) in [6.07, 6.45) is 2.78. The Kier molecular flexibility index (Phi) is 6.79. The average molecular weight is 377 g/mol. The van der Waals surface area contributed by atoms with Gasteiger partial charge in [0.25, 0.3) is 0 Å². The second-order valence-electron chi connectivity index (χ2n) is 5.76. The van der Waals surface area contributed by atoms with Crippen LogP contribution < -0.4 is 20.7 Å². The van der Waals surface area contributed by atoms with Crippen molar-refractivity contribution in [2.75, 3.05) is 29.4 Å². The van der Waals surface area contributed by atoms with Crippen LogP contribution in [0.3, 0.4) is 0 Å². The topological polar surface area (TPSA) is 112 Å². The van der Waals surface area contributed by atoms with Gasteiger partial charge in [-0.25, -0.2) is 18.2 Å². The molecule has 1 atom stereocenters. The zero-order chi connectivity index (χ0) is 19.0. The number of rotatable bonds is 8. The van der Waals surface area contributed by atoms with Crippen LogP contribution in [0, 0.1) is 0 Å². The summed E-state index contributed by atoms with van der Waals surface area (Å²) in [5.74, 6) is 0.748. The number of carbonyl (C=O) groups excluding carboxylic acids is 1. The Hall–Kier alpha value is -2.81. The predicted octanol–water partition coefficient (Wildman–Crippen LogP) is 1.93. The summed E-state index contributed by atoms with van der Waals surface area (Å²) in [5.41, 5.74) is 1.25. The molecule has 2 aromatic rings. The van der Waals surface area contributed by atoms with Gasteiger partial charge in [-0.1, -0.05) is 18.2 Å². The summed E-state index contributed by atoms with van der Waals surface area (Å²) < 4.78 is 25.0. The van der Waals surface area contributed by atoms with E-state index in [-0.39, 0.29) is 12.1 Å². The molecule has 9 heteroatoms. The van der Waals surface area contributed by atoms with Crippen LogP contribution in [0.15, 0.2) is 48.7 Å². The lowest BCUT2D eigenvalue weighted by Crippen LogP contribution is -2.39. The van der Waals surface area contributed by atoms with E-state index in [1.165, 1.54) is 0 Å². The van der Waals surface area contributed by atoms with Gasteiger partial charge in [-0.15, -0.1) is 0 Å². The normalized spacial score (nSPS) is 12.1. The first-order chi connectivity index (χ1) is 12.3. The van der Waals surface area contributed by atoms with E-state index in [2.05, 4.69) is 25.7 Å². The highest BCUT2D eigenvalue weighted by Crippen LogP contribution is 2.18. The minimum absolute atomic E-state index is 0.278. The Morgan fingerprint density at radius 1 is 1.15 bits per heavy atom. The fourth-order valence-corrected chi connectivity index (χ4v) is 2.81. The SMILES string of the molecule is CC(NC(=O)NCCNc1ccccn1)c1cccc(NS(C)(=O)=O)c1. The van der Waals surface area contributed by atoms with Gasteiger partial charge >= 0.3 is 6.03 Å². The predicted molar refractivity (Wildman–Crippen MR) is 103 cm³/mol. The molecule has 0 aliphatic heterocycles. The molecule has 26 heavy (non-hydrogen) atoms. The van der Waals surface area contributed by atoms with Crippen LogP contribution in [-0.2, 0) is 10.0 Å². The van der Waals surface area contributed by atoms with Crippen molar-refractivity contribution in [3.63, 3.8) is 0 Å². The Morgan fingerprint density at radius 2 is 1.96 bits per heavy atom. The maximum atomic E-state index is 12.0. The number of hydrogen-bond donors (Lipinski definition) is 4. The molecule has 0 saturated heterocycles. The number of carbonyl (C=O) groups is 1. The lowest BCUT2D eigenvalue weighted by Gasteiger charge is -2.16. The molecule has 8 nitrogen and oxygen atoms in total. The highest BCUT2D eigenvalue weighted by Gasteiger charge is 2.10. The summed E-state index contributed by atoms with van der Waals surface area (Å²) in [4.78, 5) is 16.1. The highest BCUT2D eigenvalue weighted by molar-refractivity contribution is 7.92. The maximum Gasteiger partial charge on any atom is 0.315 e. The highest BCUT2D eigenvalue weighted by atomic mass is 32.2. The number of hydrogen-bond acceptors (Lipinski definition) is 5. The number of nitrogens with one attached hydrogen (secondary N) is 4. The van der Waals surface area contributed by atoms with Gasteiger partial charge in [-0.2, -0.15) is 0 Å². The van der Waals surface area contributed by atoms with E-state index in [1.807, 2.05) is 31.2 Å². The number of sulfonamides is 1. The first-order valence-electron chi connectivity index (χ1n) is 8.10. The quantitative estimate of drug-likeness (QED) is 0.525. The molecule has 1 heterocycles. The van der Waals surface area contributed by atoms with Gasteiger partial charge in [0.2, 0.25) is 10.0 Å². The zero-order valence-electron chi connectivity index (χ0n) is 14.7.